The van der Waals surface area contributed by atoms with Crippen molar-refractivity contribution in [2.24, 2.45) is 17.3 Å². The van der Waals surface area contributed by atoms with E-state index in [0.717, 1.165) is 0 Å². The van der Waals surface area contributed by atoms with Crippen LogP contribution < -0.4 is 5.32 Å². The Balaban J connectivity index is 4.68. The molecule has 0 fully saturated rings. The lowest BCUT2D eigenvalue weighted by Gasteiger charge is -2.29. The van der Waals surface area contributed by atoms with Crippen LogP contribution >= 0.6 is 0 Å². The smallest absolute Gasteiger partial charge is 0.310 e. The van der Waals surface area contributed by atoms with Crippen LogP contribution in [0, 0.1) is 17.3 Å². The number of aliphatic carboxylic acids is 1. The van der Waals surface area contributed by atoms with Crippen LogP contribution in [0.2, 0.25) is 0 Å². The first kappa shape index (κ1) is 16.9. The minimum atomic E-state index is -1.08. The summed E-state index contributed by atoms with van der Waals surface area (Å²) in [5.74, 6) is -1.35. The molecule has 0 saturated heterocycles. The van der Waals surface area contributed by atoms with Gasteiger partial charge in [-0.15, -0.1) is 0 Å². The van der Waals surface area contributed by atoms with Gasteiger partial charge < -0.3 is 15.5 Å². The molecule has 18 heavy (non-hydrogen) atoms. The van der Waals surface area contributed by atoms with Gasteiger partial charge in [-0.05, 0) is 18.8 Å². The third-order valence-corrected chi connectivity index (χ3v) is 3.64. The summed E-state index contributed by atoms with van der Waals surface area (Å²) in [6, 6.07) is -0.331. The lowest BCUT2D eigenvalue weighted by atomic mass is 9.76. The summed E-state index contributed by atoms with van der Waals surface area (Å²) in [4.78, 5) is 23.1. The van der Waals surface area contributed by atoms with E-state index in [1.807, 2.05) is 13.8 Å². The molecule has 0 aromatic heterocycles. The van der Waals surface area contributed by atoms with E-state index in [2.05, 4.69) is 5.32 Å². The van der Waals surface area contributed by atoms with Crippen molar-refractivity contribution in [1.82, 2.24) is 5.32 Å². The second-order valence-corrected chi connectivity index (χ2v) is 5.65. The average Bonchev–Trinajstić information content (AvgIpc) is 2.24. The molecule has 1 unspecified atom stereocenters. The highest BCUT2D eigenvalue weighted by atomic mass is 16.4. The number of hydrogen-bond donors (Lipinski definition) is 3. The van der Waals surface area contributed by atoms with Gasteiger partial charge in [-0.1, -0.05) is 27.7 Å². The van der Waals surface area contributed by atoms with Crippen molar-refractivity contribution in [3.63, 3.8) is 0 Å². The van der Waals surface area contributed by atoms with E-state index in [-0.39, 0.29) is 36.8 Å². The Morgan fingerprint density at radius 1 is 1.22 bits per heavy atom. The van der Waals surface area contributed by atoms with Gasteiger partial charge in [-0.25, -0.2) is 0 Å². The van der Waals surface area contributed by atoms with E-state index < -0.39 is 11.4 Å². The molecule has 0 rings (SSSR count). The third-order valence-electron chi connectivity index (χ3n) is 3.64. The summed E-state index contributed by atoms with van der Waals surface area (Å²) in [5.41, 5.74) is -1.08. The van der Waals surface area contributed by atoms with E-state index in [9.17, 15) is 14.7 Å². The van der Waals surface area contributed by atoms with E-state index in [0.29, 0.717) is 0 Å². The molecule has 0 spiro atoms. The van der Waals surface area contributed by atoms with Crippen molar-refractivity contribution < 1.29 is 19.8 Å². The normalized spacial score (nSPS) is 16.4. The van der Waals surface area contributed by atoms with E-state index in [1.54, 1.807) is 20.8 Å². The minimum Gasteiger partial charge on any atom is -0.481 e. The predicted molar refractivity (Wildman–Crippen MR) is 69.1 cm³/mol. The molecule has 5 nitrogen and oxygen atoms in total. The second kappa shape index (κ2) is 6.73. The zero-order chi connectivity index (χ0) is 14.5. The number of aliphatic hydroxyl groups is 1. The fraction of sp³-hybridized carbons (Fsp3) is 0.846. The van der Waals surface area contributed by atoms with Crippen molar-refractivity contribution in [1.29, 1.82) is 0 Å². The number of hydrogen-bond acceptors (Lipinski definition) is 3. The number of amides is 1. The van der Waals surface area contributed by atoms with Crippen LogP contribution in [0.3, 0.4) is 0 Å². The summed E-state index contributed by atoms with van der Waals surface area (Å²) < 4.78 is 0. The summed E-state index contributed by atoms with van der Waals surface area (Å²) >= 11 is 0. The van der Waals surface area contributed by atoms with Gasteiger partial charge in [-0.3, -0.25) is 9.59 Å². The Morgan fingerprint density at radius 3 is 2.00 bits per heavy atom. The van der Waals surface area contributed by atoms with Crippen LogP contribution in [0.15, 0.2) is 0 Å². The lowest BCUT2D eigenvalue weighted by molar-refractivity contribution is -0.153. The Hall–Kier alpha value is -1.10. The summed E-state index contributed by atoms with van der Waals surface area (Å²) in [6.07, 6.45) is -0.0801. The number of carboxylic acid groups (broad SMARTS) is 1. The number of nitrogens with one attached hydrogen (secondary N) is 1. The molecule has 0 aliphatic carbocycles. The Kier molecular flexibility index (Phi) is 6.32. The number of carbonyl (C=O) groups excluding carboxylic acids is 1. The van der Waals surface area contributed by atoms with Gasteiger partial charge in [0.2, 0.25) is 5.91 Å². The van der Waals surface area contributed by atoms with Gasteiger partial charge in [0.1, 0.15) is 0 Å². The molecule has 0 aliphatic heterocycles. The highest BCUT2D eigenvalue weighted by Gasteiger charge is 2.39. The summed E-state index contributed by atoms with van der Waals surface area (Å²) in [5, 5.41) is 21.0. The van der Waals surface area contributed by atoms with E-state index >= 15 is 0 Å². The van der Waals surface area contributed by atoms with Crippen molar-refractivity contribution in [3.8, 4) is 0 Å². The predicted octanol–water partition coefficient (Wildman–Crippen LogP) is 1.26. The fourth-order valence-electron chi connectivity index (χ4n) is 1.54. The first-order valence-corrected chi connectivity index (χ1v) is 6.28. The summed E-state index contributed by atoms with van der Waals surface area (Å²) in [7, 11) is 0. The Morgan fingerprint density at radius 2 is 1.72 bits per heavy atom. The van der Waals surface area contributed by atoms with Gasteiger partial charge in [-0.2, -0.15) is 0 Å². The number of carboxylic acids is 1. The maximum absolute atomic E-state index is 11.9. The van der Waals surface area contributed by atoms with Gasteiger partial charge in [0.15, 0.2) is 0 Å². The second-order valence-electron chi connectivity index (χ2n) is 5.65. The summed E-state index contributed by atoms with van der Waals surface area (Å²) in [6.45, 7) is 8.78. The maximum Gasteiger partial charge on any atom is 0.310 e. The van der Waals surface area contributed by atoms with Gasteiger partial charge in [0.25, 0.3) is 0 Å². The molecule has 3 N–H and O–H groups in total. The highest BCUT2D eigenvalue weighted by molar-refractivity contribution is 5.85. The minimum absolute atomic E-state index is 0.0801. The zero-order valence-electron chi connectivity index (χ0n) is 11.9. The zero-order valence-corrected chi connectivity index (χ0v) is 11.9. The molecule has 0 bridgehead atoms. The van der Waals surface area contributed by atoms with Gasteiger partial charge in [0.05, 0.1) is 18.1 Å². The Labute approximate surface area is 109 Å². The first-order chi connectivity index (χ1) is 8.15. The highest BCUT2D eigenvalue weighted by Crippen LogP contribution is 2.31. The monoisotopic (exact) mass is 259 g/mol. The van der Waals surface area contributed by atoms with Crippen molar-refractivity contribution in [2.75, 3.05) is 6.61 Å². The fourth-order valence-corrected chi connectivity index (χ4v) is 1.54. The van der Waals surface area contributed by atoms with E-state index in [4.69, 9.17) is 5.11 Å². The topological polar surface area (TPSA) is 86.6 Å². The number of carbonyl (C=O) groups is 2. The quantitative estimate of drug-likeness (QED) is 0.642. The molecule has 0 aromatic carbocycles. The molecule has 106 valence electrons. The van der Waals surface area contributed by atoms with Crippen LogP contribution in [0.1, 0.15) is 41.0 Å². The molecule has 0 radical (unpaired) electrons. The van der Waals surface area contributed by atoms with Gasteiger partial charge >= 0.3 is 5.97 Å². The van der Waals surface area contributed by atoms with Crippen molar-refractivity contribution in [2.45, 2.75) is 47.1 Å². The van der Waals surface area contributed by atoms with Crippen molar-refractivity contribution in [3.05, 3.63) is 0 Å². The average molecular weight is 259 g/mol. The SMILES string of the molecule is CC(C)[C@@H](CO)NC(=O)CC(C)(C(=O)O)C(C)C. The molecule has 2 atom stereocenters. The molecule has 0 heterocycles. The molecule has 0 aromatic rings. The molecule has 5 heteroatoms. The van der Waals surface area contributed by atoms with E-state index in [1.165, 1.54) is 0 Å². The number of aliphatic hydroxyl groups excluding tert-OH is 1. The van der Waals surface area contributed by atoms with Crippen LogP contribution in [0.4, 0.5) is 0 Å². The van der Waals surface area contributed by atoms with Crippen LogP contribution in [0.25, 0.3) is 0 Å². The van der Waals surface area contributed by atoms with Gasteiger partial charge in [0, 0.05) is 6.42 Å². The lowest BCUT2D eigenvalue weighted by Crippen LogP contribution is -2.45. The van der Waals surface area contributed by atoms with Crippen LogP contribution in [-0.2, 0) is 9.59 Å². The van der Waals surface area contributed by atoms with Crippen LogP contribution in [-0.4, -0.2) is 34.7 Å². The Bertz CT molecular complexity index is 301. The molecule has 0 saturated carbocycles. The number of rotatable bonds is 7. The van der Waals surface area contributed by atoms with Crippen LogP contribution in [0.5, 0.6) is 0 Å². The molecular formula is C13H25NO4. The standard InChI is InChI=1S/C13H25NO4/c1-8(2)10(7-15)14-11(16)6-13(5,9(3)4)12(17)18/h8-10,15H,6-7H2,1-5H3,(H,14,16)(H,17,18)/t10-,13?/m1/s1. The molecule has 1 amide bonds. The maximum atomic E-state index is 11.9. The molecule has 0 aliphatic rings. The first-order valence-electron chi connectivity index (χ1n) is 6.28. The third kappa shape index (κ3) is 4.29. The largest absolute Gasteiger partial charge is 0.481 e. The molecular weight excluding hydrogens is 234 g/mol. The van der Waals surface area contributed by atoms with Crippen molar-refractivity contribution >= 4 is 11.9 Å².